The smallest absolute Gasteiger partial charge is 0.452 e. The lowest BCUT2D eigenvalue weighted by Gasteiger charge is -2.28. The van der Waals surface area contributed by atoms with Crippen LogP contribution in [0.4, 0.5) is 17.6 Å². The fourth-order valence-electron chi connectivity index (χ4n) is 3.78. The van der Waals surface area contributed by atoms with Crippen molar-refractivity contribution in [1.82, 2.24) is 0 Å². The van der Waals surface area contributed by atoms with E-state index in [2.05, 4.69) is 11.7 Å². The highest BCUT2D eigenvalue weighted by molar-refractivity contribution is 5.27. The van der Waals surface area contributed by atoms with Crippen molar-refractivity contribution >= 4 is 0 Å². The molecule has 1 fully saturated rings. The molecule has 0 N–H and O–H groups in total. The molecule has 148 valence electrons. The molecule has 0 radical (unpaired) electrons. The minimum absolute atomic E-state index is 0.0915. The van der Waals surface area contributed by atoms with Gasteiger partial charge in [-0.2, -0.15) is 17.6 Å². The number of aryl methyl sites for hydroxylation is 1. The van der Waals surface area contributed by atoms with Crippen LogP contribution in [0.25, 0.3) is 0 Å². The summed E-state index contributed by atoms with van der Waals surface area (Å²) in [6.45, 7) is 2.24. The molecule has 1 aromatic carbocycles. The first-order valence-corrected chi connectivity index (χ1v) is 9.85. The molecule has 1 aliphatic carbocycles. The molecule has 1 nitrogen and oxygen atoms in total. The van der Waals surface area contributed by atoms with E-state index < -0.39 is 12.5 Å². The van der Waals surface area contributed by atoms with Gasteiger partial charge in [-0.3, -0.25) is 0 Å². The predicted octanol–water partition coefficient (Wildman–Crippen LogP) is 7.24. The maximum atomic E-state index is 12.9. The van der Waals surface area contributed by atoms with E-state index in [-0.39, 0.29) is 5.75 Å². The summed E-state index contributed by atoms with van der Waals surface area (Å²) in [6, 6.07) is 6.29. The standard InChI is InChI=1S/C21H30F4O/c1-2-3-4-5-16-6-8-17(9-7-16)10-11-18-12-14-19(15-13-18)26-20(22)21(23,24)25/h12-17,20H,2-11H2,1H3/t16-,17-,20?. The molecule has 2 rings (SSSR count). The van der Waals surface area contributed by atoms with Gasteiger partial charge in [0.2, 0.25) is 0 Å². The molecule has 26 heavy (non-hydrogen) atoms. The van der Waals surface area contributed by atoms with E-state index in [0.29, 0.717) is 0 Å². The summed E-state index contributed by atoms with van der Waals surface area (Å²) in [7, 11) is 0. The fraction of sp³-hybridized carbons (Fsp3) is 0.714. The Morgan fingerprint density at radius 2 is 1.54 bits per heavy atom. The third-order valence-corrected chi connectivity index (χ3v) is 5.44. The van der Waals surface area contributed by atoms with E-state index in [1.165, 1.54) is 63.5 Å². The number of rotatable bonds is 9. The third-order valence-electron chi connectivity index (χ3n) is 5.44. The lowest BCUT2D eigenvalue weighted by molar-refractivity contribution is -0.236. The number of alkyl halides is 4. The van der Waals surface area contributed by atoms with Gasteiger partial charge in [0.05, 0.1) is 0 Å². The molecule has 1 aromatic rings. The largest absolute Gasteiger partial charge is 0.457 e. The van der Waals surface area contributed by atoms with Gasteiger partial charge in [-0.25, -0.2) is 0 Å². The molecule has 1 unspecified atom stereocenters. The van der Waals surface area contributed by atoms with Gasteiger partial charge in [-0.1, -0.05) is 70.4 Å². The highest BCUT2D eigenvalue weighted by atomic mass is 19.4. The van der Waals surface area contributed by atoms with E-state index >= 15 is 0 Å². The molecule has 1 aliphatic rings. The van der Waals surface area contributed by atoms with Gasteiger partial charge in [0.1, 0.15) is 5.75 Å². The van der Waals surface area contributed by atoms with Gasteiger partial charge in [0.15, 0.2) is 0 Å². The topological polar surface area (TPSA) is 9.23 Å². The second-order valence-electron chi connectivity index (χ2n) is 7.54. The van der Waals surface area contributed by atoms with Crippen LogP contribution in [-0.4, -0.2) is 12.5 Å². The van der Waals surface area contributed by atoms with E-state index in [4.69, 9.17) is 0 Å². The van der Waals surface area contributed by atoms with Gasteiger partial charge < -0.3 is 4.74 Å². The quantitative estimate of drug-likeness (QED) is 0.327. The van der Waals surface area contributed by atoms with Crippen LogP contribution in [0.15, 0.2) is 24.3 Å². The highest BCUT2D eigenvalue weighted by Gasteiger charge is 2.42. The zero-order valence-corrected chi connectivity index (χ0v) is 15.5. The zero-order chi connectivity index (χ0) is 19.0. The van der Waals surface area contributed by atoms with Crippen LogP contribution in [-0.2, 0) is 6.42 Å². The van der Waals surface area contributed by atoms with E-state index in [0.717, 1.165) is 30.2 Å². The van der Waals surface area contributed by atoms with Crippen LogP contribution >= 0.6 is 0 Å². The van der Waals surface area contributed by atoms with E-state index in [1.54, 1.807) is 12.1 Å². The molecule has 0 spiro atoms. The second-order valence-corrected chi connectivity index (χ2v) is 7.54. The summed E-state index contributed by atoms with van der Waals surface area (Å²) in [4.78, 5) is 0. The lowest BCUT2D eigenvalue weighted by atomic mass is 9.78. The highest BCUT2D eigenvalue weighted by Crippen LogP contribution is 2.34. The Labute approximate surface area is 154 Å². The molecule has 0 amide bonds. The Morgan fingerprint density at radius 3 is 2.08 bits per heavy atom. The summed E-state index contributed by atoms with van der Waals surface area (Å²) in [5, 5.41) is 0. The van der Waals surface area contributed by atoms with Crippen molar-refractivity contribution in [2.75, 3.05) is 0 Å². The first kappa shape index (κ1) is 21.0. The first-order valence-electron chi connectivity index (χ1n) is 9.85. The lowest BCUT2D eigenvalue weighted by Crippen LogP contribution is -2.29. The minimum Gasteiger partial charge on any atom is -0.452 e. The van der Waals surface area contributed by atoms with Crippen LogP contribution < -0.4 is 4.74 Å². The van der Waals surface area contributed by atoms with Gasteiger partial charge in [-0.05, 0) is 42.4 Å². The minimum atomic E-state index is -4.99. The normalized spacial score (nSPS) is 22.2. The predicted molar refractivity (Wildman–Crippen MR) is 95.9 cm³/mol. The Balaban J connectivity index is 1.69. The molecule has 0 saturated heterocycles. The average molecular weight is 374 g/mol. The average Bonchev–Trinajstić information content (AvgIpc) is 2.61. The maximum Gasteiger partial charge on any atom is 0.457 e. The summed E-state index contributed by atoms with van der Waals surface area (Å²) < 4.78 is 53.6. The van der Waals surface area contributed by atoms with Crippen molar-refractivity contribution in [1.29, 1.82) is 0 Å². The van der Waals surface area contributed by atoms with E-state index in [1.807, 2.05) is 0 Å². The molecular weight excluding hydrogens is 344 g/mol. The van der Waals surface area contributed by atoms with Gasteiger partial charge in [0.25, 0.3) is 0 Å². The summed E-state index contributed by atoms with van der Waals surface area (Å²) in [6.07, 6.45) is 4.32. The van der Waals surface area contributed by atoms with E-state index in [9.17, 15) is 17.6 Å². The Bertz CT molecular complexity index is 504. The molecular formula is C21H30F4O. The molecule has 1 saturated carbocycles. The fourth-order valence-corrected chi connectivity index (χ4v) is 3.78. The van der Waals surface area contributed by atoms with Crippen molar-refractivity contribution < 1.29 is 22.3 Å². The van der Waals surface area contributed by atoms with Crippen molar-refractivity contribution in [3.8, 4) is 5.75 Å². The maximum absolute atomic E-state index is 12.9. The Hall–Kier alpha value is -1.26. The molecule has 0 heterocycles. The Kier molecular flexibility index (Phi) is 8.23. The second kappa shape index (κ2) is 10.2. The monoisotopic (exact) mass is 374 g/mol. The number of hydrogen-bond donors (Lipinski definition) is 0. The molecule has 0 bridgehead atoms. The number of unbranched alkanes of at least 4 members (excludes halogenated alkanes) is 2. The number of hydrogen-bond acceptors (Lipinski definition) is 1. The molecule has 1 atom stereocenters. The molecule has 0 aromatic heterocycles. The van der Waals surface area contributed by atoms with Gasteiger partial charge in [-0.15, -0.1) is 0 Å². The Morgan fingerprint density at radius 1 is 0.962 bits per heavy atom. The number of benzene rings is 1. The van der Waals surface area contributed by atoms with Crippen LogP contribution in [0.2, 0.25) is 0 Å². The number of halogens is 4. The number of ether oxygens (including phenoxy) is 1. The SMILES string of the molecule is CCCCC[C@H]1CC[C@H](CCc2ccc(OC(F)C(F)(F)F)cc2)CC1. The summed E-state index contributed by atoms with van der Waals surface area (Å²) >= 11 is 0. The van der Waals surface area contributed by atoms with Crippen LogP contribution in [0.1, 0.15) is 70.3 Å². The zero-order valence-electron chi connectivity index (χ0n) is 15.5. The van der Waals surface area contributed by atoms with Crippen molar-refractivity contribution in [2.24, 2.45) is 11.8 Å². The summed E-state index contributed by atoms with van der Waals surface area (Å²) in [5.41, 5.74) is 1.06. The molecule has 5 heteroatoms. The van der Waals surface area contributed by atoms with Crippen LogP contribution in [0.3, 0.4) is 0 Å². The summed E-state index contributed by atoms with van der Waals surface area (Å²) in [5.74, 6) is 1.55. The van der Waals surface area contributed by atoms with Crippen molar-refractivity contribution in [2.45, 2.75) is 83.7 Å². The van der Waals surface area contributed by atoms with Gasteiger partial charge >= 0.3 is 12.5 Å². The van der Waals surface area contributed by atoms with Crippen LogP contribution in [0.5, 0.6) is 5.75 Å². The van der Waals surface area contributed by atoms with Crippen molar-refractivity contribution in [3.63, 3.8) is 0 Å². The van der Waals surface area contributed by atoms with Crippen molar-refractivity contribution in [3.05, 3.63) is 29.8 Å². The first-order chi connectivity index (χ1) is 12.4. The third kappa shape index (κ3) is 7.16. The van der Waals surface area contributed by atoms with Crippen LogP contribution in [0, 0.1) is 11.8 Å². The van der Waals surface area contributed by atoms with Gasteiger partial charge in [0, 0.05) is 0 Å². The molecule has 0 aliphatic heterocycles.